The maximum Gasteiger partial charge on any atom is 0.316 e. The highest BCUT2D eigenvalue weighted by molar-refractivity contribution is 5.95. The van der Waals surface area contributed by atoms with Gasteiger partial charge in [-0.1, -0.05) is 0 Å². The summed E-state index contributed by atoms with van der Waals surface area (Å²) in [6, 6.07) is 3.97. The van der Waals surface area contributed by atoms with Crippen LogP contribution in [0.1, 0.15) is 5.56 Å². The van der Waals surface area contributed by atoms with Crippen LogP contribution < -0.4 is 10.6 Å². The second-order valence-electron chi connectivity index (χ2n) is 2.73. The quantitative estimate of drug-likeness (QED) is 0.420. The number of anilines is 1. The monoisotopic (exact) mass is 194 g/mol. The number of rotatable bonds is 3. The van der Waals surface area contributed by atoms with Crippen LogP contribution in [-0.2, 0) is 4.79 Å². The van der Waals surface area contributed by atoms with Gasteiger partial charge in [-0.15, -0.1) is 0 Å². The second-order valence-corrected chi connectivity index (χ2v) is 2.73. The van der Waals surface area contributed by atoms with Crippen LogP contribution in [0.15, 0.2) is 18.2 Å². The van der Waals surface area contributed by atoms with E-state index in [0.29, 0.717) is 5.69 Å². The number of hydrogen-bond acceptors (Lipinski definition) is 2. The molecule has 0 aliphatic rings. The molecule has 0 aliphatic heterocycles. The second kappa shape index (κ2) is 3.87. The molecule has 1 amide bonds. The van der Waals surface area contributed by atoms with Crippen LogP contribution in [-0.4, -0.2) is 19.3 Å². The lowest BCUT2D eigenvalue weighted by molar-refractivity contribution is 0.554. The van der Waals surface area contributed by atoms with Gasteiger partial charge in [0.25, 0.3) is 0 Å². The molecule has 0 saturated carbocycles. The smallest absolute Gasteiger partial charge is 0.316 e. The van der Waals surface area contributed by atoms with Crippen molar-refractivity contribution in [2.45, 2.75) is 0 Å². The number of nitrogens with two attached hydrogens (primary N) is 1. The summed E-state index contributed by atoms with van der Waals surface area (Å²) in [5.41, 5.74) is 5.51. The van der Waals surface area contributed by atoms with Crippen LogP contribution in [0.4, 0.5) is 10.1 Å². The Morgan fingerprint density at radius 3 is 2.71 bits per heavy atom. The Bertz CT molecular complexity index is 378. The maximum atomic E-state index is 13.2. The van der Waals surface area contributed by atoms with E-state index in [2.05, 4.69) is 0 Å². The fourth-order valence-corrected chi connectivity index (χ4v) is 0.984. The third-order valence-electron chi connectivity index (χ3n) is 1.77. The Labute approximate surface area is 80.6 Å². The molecule has 1 aromatic carbocycles. The molecule has 0 bridgehead atoms. The standard InChI is InChI=1S/C9H9FN3O/c1-13(5-14)6-2-3-7(9(11)12)8(10)4-6/h2-4H,1H3,(H3,11,12). The highest BCUT2D eigenvalue weighted by atomic mass is 19.1. The number of nitrogens with one attached hydrogen (secondary N) is 1. The summed E-state index contributed by atoms with van der Waals surface area (Å²) in [7, 11) is 1.45. The number of hydrogen-bond donors (Lipinski definition) is 2. The fourth-order valence-electron chi connectivity index (χ4n) is 0.984. The zero-order chi connectivity index (χ0) is 10.7. The molecule has 0 spiro atoms. The van der Waals surface area contributed by atoms with Gasteiger partial charge in [0, 0.05) is 12.7 Å². The van der Waals surface area contributed by atoms with E-state index in [9.17, 15) is 9.18 Å². The minimum absolute atomic E-state index is 0.0213. The number of halogens is 1. The minimum atomic E-state index is -0.628. The summed E-state index contributed by atoms with van der Waals surface area (Å²) in [6.45, 7) is 0. The number of amides is 1. The van der Waals surface area contributed by atoms with Crippen molar-refractivity contribution in [3.05, 3.63) is 29.6 Å². The van der Waals surface area contributed by atoms with Crippen LogP contribution in [0.25, 0.3) is 0 Å². The van der Waals surface area contributed by atoms with E-state index < -0.39 is 5.82 Å². The molecule has 1 radical (unpaired) electrons. The number of carbonyl (C=O) groups excluding carboxylic acids is 1. The van der Waals surface area contributed by atoms with Gasteiger partial charge >= 0.3 is 6.41 Å². The van der Waals surface area contributed by atoms with Crippen molar-refractivity contribution in [2.24, 2.45) is 5.73 Å². The summed E-state index contributed by atoms with van der Waals surface area (Å²) < 4.78 is 13.2. The van der Waals surface area contributed by atoms with Gasteiger partial charge in [0.1, 0.15) is 11.7 Å². The van der Waals surface area contributed by atoms with E-state index in [4.69, 9.17) is 11.1 Å². The van der Waals surface area contributed by atoms with Gasteiger partial charge in [-0.3, -0.25) is 10.2 Å². The van der Waals surface area contributed by atoms with Crippen LogP contribution in [0.2, 0.25) is 0 Å². The Balaban J connectivity index is 3.12. The highest BCUT2D eigenvalue weighted by Gasteiger charge is 2.08. The van der Waals surface area contributed by atoms with Crippen molar-refractivity contribution in [2.75, 3.05) is 11.9 Å². The molecule has 3 N–H and O–H groups in total. The molecule has 1 aromatic rings. The maximum absolute atomic E-state index is 13.2. The van der Waals surface area contributed by atoms with Gasteiger partial charge in [-0.2, -0.15) is 0 Å². The summed E-state index contributed by atoms with van der Waals surface area (Å²) in [6.07, 6.45) is 1.59. The summed E-state index contributed by atoms with van der Waals surface area (Å²) in [5, 5.41) is 7.05. The molecular formula is C9H9FN3O. The molecule has 0 fully saturated rings. The Morgan fingerprint density at radius 1 is 1.64 bits per heavy atom. The first kappa shape index (κ1) is 10.2. The van der Waals surface area contributed by atoms with Crippen molar-refractivity contribution >= 4 is 17.9 Å². The third-order valence-corrected chi connectivity index (χ3v) is 1.77. The molecule has 73 valence electrons. The molecule has 14 heavy (non-hydrogen) atoms. The van der Waals surface area contributed by atoms with E-state index in [1.807, 2.05) is 0 Å². The predicted molar refractivity (Wildman–Crippen MR) is 51.5 cm³/mol. The van der Waals surface area contributed by atoms with Crippen molar-refractivity contribution in [3.63, 3.8) is 0 Å². The van der Waals surface area contributed by atoms with Crippen LogP contribution in [0.3, 0.4) is 0 Å². The van der Waals surface area contributed by atoms with Gasteiger partial charge in [-0.05, 0) is 18.2 Å². The third kappa shape index (κ3) is 1.87. The molecule has 0 aromatic heterocycles. The Hall–Kier alpha value is -1.91. The van der Waals surface area contributed by atoms with Crippen molar-refractivity contribution in [1.82, 2.24) is 0 Å². The largest absolute Gasteiger partial charge is 0.384 e. The lowest BCUT2D eigenvalue weighted by atomic mass is 10.1. The minimum Gasteiger partial charge on any atom is -0.384 e. The lowest BCUT2D eigenvalue weighted by Crippen LogP contribution is -2.16. The van der Waals surface area contributed by atoms with Gasteiger partial charge in [-0.25, -0.2) is 4.39 Å². The van der Waals surface area contributed by atoms with Crippen molar-refractivity contribution in [3.8, 4) is 0 Å². The summed E-state index contributed by atoms with van der Waals surface area (Å²) in [5.74, 6) is -0.969. The molecule has 0 heterocycles. The van der Waals surface area contributed by atoms with Crippen LogP contribution in [0, 0.1) is 11.2 Å². The van der Waals surface area contributed by atoms with Crippen LogP contribution in [0.5, 0.6) is 0 Å². The normalized spacial score (nSPS) is 9.57. The molecule has 0 aliphatic carbocycles. The first-order valence-electron chi connectivity index (χ1n) is 3.81. The summed E-state index contributed by atoms with van der Waals surface area (Å²) >= 11 is 0. The number of nitrogens with zero attached hydrogens (tertiary/aromatic N) is 1. The van der Waals surface area contributed by atoms with Gasteiger partial charge in [0.15, 0.2) is 0 Å². The SMILES string of the molecule is CN([C]=O)c1ccc(C(=N)N)c(F)c1. The lowest BCUT2D eigenvalue weighted by Gasteiger charge is -2.10. The van der Waals surface area contributed by atoms with E-state index in [-0.39, 0.29) is 11.4 Å². The average Bonchev–Trinajstić information content (AvgIpc) is 2.15. The number of benzene rings is 1. The van der Waals surface area contributed by atoms with Crippen molar-refractivity contribution < 1.29 is 9.18 Å². The number of nitrogen functional groups attached to an aromatic ring is 1. The molecule has 4 nitrogen and oxygen atoms in total. The molecule has 1 rings (SSSR count). The fraction of sp³-hybridized carbons (Fsp3) is 0.111. The van der Waals surface area contributed by atoms with E-state index in [0.717, 1.165) is 11.0 Å². The van der Waals surface area contributed by atoms with Gasteiger partial charge in [0.2, 0.25) is 0 Å². The van der Waals surface area contributed by atoms with Gasteiger partial charge in [0.05, 0.1) is 5.56 Å². The Morgan fingerprint density at radius 2 is 2.29 bits per heavy atom. The molecular weight excluding hydrogens is 185 g/mol. The average molecular weight is 194 g/mol. The molecule has 0 unspecified atom stereocenters. The predicted octanol–water partition coefficient (Wildman–Crippen LogP) is 0.613. The zero-order valence-electron chi connectivity index (χ0n) is 7.54. The van der Waals surface area contributed by atoms with Crippen LogP contribution >= 0.6 is 0 Å². The summed E-state index contributed by atoms with van der Waals surface area (Å²) in [4.78, 5) is 11.4. The van der Waals surface area contributed by atoms with E-state index >= 15 is 0 Å². The molecule has 0 saturated heterocycles. The molecule has 5 heteroatoms. The highest BCUT2D eigenvalue weighted by Crippen LogP contribution is 2.16. The van der Waals surface area contributed by atoms with Crippen molar-refractivity contribution in [1.29, 1.82) is 5.41 Å². The number of amidine groups is 1. The van der Waals surface area contributed by atoms with E-state index in [1.165, 1.54) is 19.2 Å². The van der Waals surface area contributed by atoms with Gasteiger partial charge < -0.3 is 10.6 Å². The first-order valence-corrected chi connectivity index (χ1v) is 3.81. The van der Waals surface area contributed by atoms with E-state index in [1.54, 1.807) is 6.41 Å². The topological polar surface area (TPSA) is 70.2 Å². The molecule has 0 atom stereocenters. The Kier molecular flexibility index (Phi) is 2.81. The zero-order valence-corrected chi connectivity index (χ0v) is 7.54. The first-order chi connectivity index (χ1) is 6.56.